The minimum Gasteiger partial charge on any atom is -0.353 e. The third-order valence-corrected chi connectivity index (χ3v) is 7.38. The first-order valence-electron chi connectivity index (χ1n) is 9.43. The van der Waals surface area contributed by atoms with Crippen LogP contribution in [0, 0.1) is 4.78 Å². The highest BCUT2D eigenvalue weighted by Crippen LogP contribution is 2.29. The summed E-state index contributed by atoms with van der Waals surface area (Å²) in [6.07, 6.45) is 3.47. The zero-order valence-corrected chi connectivity index (χ0v) is 18.8. The maximum atomic E-state index is 12.5. The van der Waals surface area contributed by atoms with E-state index in [9.17, 15) is 9.00 Å². The van der Waals surface area contributed by atoms with Crippen LogP contribution in [-0.2, 0) is 21.6 Å². The van der Waals surface area contributed by atoms with Crippen molar-refractivity contribution in [1.29, 1.82) is 4.78 Å². The van der Waals surface area contributed by atoms with Gasteiger partial charge in [0.1, 0.15) is 6.04 Å². The molecule has 1 amide bonds. The molecule has 1 aliphatic rings. The lowest BCUT2D eigenvalue weighted by atomic mass is 10.2. The van der Waals surface area contributed by atoms with Crippen molar-refractivity contribution >= 4 is 54.1 Å². The number of fused-ring (bicyclic) bond motifs is 3. The van der Waals surface area contributed by atoms with E-state index in [2.05, 4.69) is 46.7 Å². The number of nitrogens with zero attached hydrogens (tertiary/aromatic N) is 6. The second-order valence-corrected chi connectivity index (χ2v) is 10.5. The summed E-state index contributed by atoms with van der Waals surface area (Å²) in [5.41, 5.74) is 1.93. The van der Waals surface area contributed by atoms with Crippen LogP contribution in [0.2, 0.25) is 0 Å². The average Bonchev–Trinajstić information content (AvgIpc) is 3.31. The Labute approximate surface area is 185 Å². The molecule has 31 heavy (non-hydrogen) atoms. The third kappa shape index (κ3) is 3.63. The molecule has 3 aromatic heterocycles. The van der Waals surface area contributed by atoms with Gasteiger partial charge < -0.3 is 10.6 Å². The molecule has 13 heteroatoms. The van der Waals surface area contributed by atoms with Crippen LogP contribution in [0.5, 0.6) is 0 Å². The average molecular weight is 504 g/mol. The molecule has 1 saturated heterocycles. The molecule has 2 atom stereocenters. The molecular formula is C18H18BrN9O2S. The molecule has 4 aromatic rings. The Hall–Kier alpha value is -3.06. The second-order valence-electron chi connectivity index (χ2n) is 7.32. The normalized spacial score (nSPS) is 21.9. The summed E-state index contributed by atoms with van der Waals surface area (Å²) in [6, 6.07) is 4.76. The molecule has 0 radical (unpaired) electrons. The molecule has 0 spiro atoms. The number of rotatable bonds is 3. The fraction of sp³-hybridized carbons (Fsp3) is 0.278. The lowest BCUT2D eigenvalue weighted by Gasteiger charge is -2.17. The van der Waals surface area contributed by atoms with Crippen molar-refractivity contribution in [2.45, 2.75) is 6.04 Å². The Morgan fingerprint density at radius 1 is 1.35 bits per heavy atom. The Morgan fingerprint density at radius 3 is 2.97 bits per heavy atom. The summed E-state index contributed by atoms with van der Waals surface area (Å²) in [6.45, 7) is 0.208. The summed E-state index contributed by atoms with van der Waals surface area (Å²) >= 11 is 3.52. The lowest BCUT2D eigenvalue weighted by molar-refractivity contribution is -0.121. The summed E-state index contributed by atoms with van der Waals surface area (Å²) < 4.78 is 24.4. The lowest BCUT2D eigenvalue weighted by Crippen LogP contribution is -2.41. The van der Waals surface area contributed by atoms with Gasteiger partial charge in [-0.25, -0.2) is 14.2 Å². The van der Waals surface area contributed by atoms with Crippen molar-refractivity contribution in [1.82, 2.24) is 34.7 Å². The minimum absolute atomic E-state index is 0.111. The van der Waals surface area contributed by atoms with Gasteiger partial charge in [0.15, 0.2) is 11.5 Å². The van der Waals surface area contributed by atoms with Gasteiger partial charge in [0.05, 0.1) is 23.0 Å². The van der Waals surface area contributed by atoms with Crippen LogP contribution in [-0.4, -0.2) is 63.6 Å². The third-order valence-electron chi connectivity index (χ3n) is 5.00. The van der Waals surface area contributed by atoms with Crippen LogP contribution < -0.4 is 10.6 Å². The zero-order valence-electron chi connectivity index (χ0n) is 16.4. The standard InChI is InChI=1S/C18H18BrN9O2S/c1-27-8-10(7-22-27)15-25-16-11-3-2-4-12(19)14(11)24-18(28(16)26-15)23-13-9-31(20,30)6-5-21-17(13)29/h2-4,7-8,13,20H,5-6,9H2,1H3,(H,21,29)(H,23,24)/t13-,31?/m0/s1. The van der Waals surface area contributed by atoms with Crippen LogP contribution in [0.4, 0.5) is 5.95 Å². The molecule has 160 valence electrons. The highest BCUT2D eigenvalue weighted by atomic mass is 79.9. The van der Waals surface area contributed by atoms with Gasteiger partial charge in [0.25, 0.3) is 0 Å². The zero-order chi connectivity index (χ0) is 21.8. The van der Waals surface area contributed by atoms with E-state index in [1.54, 1.807) is 17.1 Å². The van der Waals surface area contributed by atoms with Crippen LogP contribution in [0.1, 0.15) is 0 Å². The minimum atomic E-state index is -2.90. The summed E-state index contributed by atoms with van der Waals surface area (Å²) in [7, 11) is -1.09. The van der Waals surface area contributed by atoms with Gasteiger partial charge >= 0.3 is 0 Å². The number of halogens is 1. The smallest absolute Gasteiger partial charge is 0.243 e. The van der Waals surface area contributed by atoms with Crippen molar-refractivity contribution in [2.24, 2.45) is 7.05 Å². The molecule has 1 fully saturated rings. The largest absolute Gasteiger partial charge is 0.353 e. The molecule has 0 bridgehead atoms. The topological polar surface area (TPSA) is 143 Å². The second kappa shape index (κ2) is 7.27. The number of hydrogen-bond acceptors (Lipinski definition) is 8. The van der Waals surface area contributed by atoms with Crippen molar-refractivity contribution in [3.8, 4) is 11.4 Å². The van der Waals surface area contributed by atoms with Crippen molar-refractivity contribution < 1.29 is 9.00 Å². The molecular weight excluding hydrogens is 486 g/mol. The molecule has 5 rings (SSSR count). The maximum Gasteiger partial charge on any atom is 0.243 e. The van der Waals surface area contributed by atoms with Crippen LogP contribution in [0.15, 0.2) is 35.1 Å². The molecule has 1 aromatic carbocycles. The number of anilines is 1. The van der Waals surface area contributed by atoms with Crippen LogP contribution in [0.3, 0.4) is 0 Å². The van der Waals surface area contributed by atoms with Gasteiger partial charge in [-0.2, -0.15) is 9.61 Å². The molecule has 11 nitrogen and oxygen atoms in total. The summed E-state index contributed by atoms with van der Waals surface area (Å²) in [5, 5.41) is 15.3. The first-order valence-corrected chi connectivity index (χ1v) is 12.1. The maximum absolute atomic E-state index is 12.5. The van der Waals surface area contributed by atoms with Crippen LogP contribution >= 0.6 is 15.9 Å². The number of aryl methyl sites for hydroxylation is 1. The highest BCUT2D eigenvalue weighted by molar-refractivity contribution is 9.10. The van der Waals surface area contributed by atoms with Crippen molar-refractivity contribution in [3.63, 3.8) is 0 Å². The summed E-state index contributed by atoms with van der Waals surface area (Å²) in [5.74, 6) is 0.416. The highest BCUT2D eigenvalue weighted by Gasteiger charge is 2.28. The van der Waals surface area contributed by atoms with E-state index in [0.29, 0.717) is 17.0 Å². The van der Waals surface area contributed by atoms with E-state index < -0.39 is 15.8 Å². The van der Waals surface area contributed by atoms with Gasteiger partial charge in [-0.1, -0.05) is 6.07 Å². The van der Waals surface area contributed by atoms with E-state index in [4.69, 9.17) is 4.78 Å². The summed E-state index contributed by atoms with van der Waals surface area (Å²) in [4.78, 5) is 21.9. The molecule has 1 aliphatic heterocycles. The van der Waals surface area contributed by atoms with E-state index >= 15 is 0 Å². The molecule has 0 aliphatic carbocycles. The van der Waals surface area contributed by atoms with Gasteiger partial charge in [0.2, 0.25) is 11.9 Å². The Kier molecular flexibility index (Phi) is 4.66. The molecule has 3 N–H and O–H groups in total. The van der Waals surface area contributed by atoms with E-state index in [-0.39, 0.29) is 29.9 Å². The van der Waals surface area contributed by atoms with Gasteiger partial charge in [-0.3, -0.25) is 14.3 Å². The number of nitrogens with one attached hydrogen (secondary N) is 3. The number of carbonyl (C=O) groups excluding carboxylic acids is 1. The Balaban J connectivity index is 1.69. The molecule has 0 saturated carbocycles. The SMILES string of the molecule is Cn1cc(-c2nc3c4cccc(Br)c4nc(N[C@H]4CS(=N)(=O)CCNC4=O)n3n2)cn1. The number of para-hydroxylation sites is 1. The predicted octanol–water partition coefficient (Wildman–Crippen LogP) is 1.40. The number of hydrogen-bond donors (Lipinski definition) is 3. The first kappa shape index (κ1) is 19.9. The predicted molar refractivity (Wildman–Crippen MR) is 119 cm³/mol. The first-order chi connectivity index (χ1) is 14.8. The Morgan fingerprint density at radius 2 is 2.19 bits per heavy atom. The van der Waals surface area contributed by atoms with Gasteiger partial charge in [-0.05, 0) is 28.1 Å². The Bertz CT molecular complexity index is 1440. The van der Waals surface area contributed by atoms with Gasteiger partial charge in [0, 0.05) is 45.1 Å². The monoisotopic (exact) mass is 503 g/mol. The molecule has 1 unspecified atom stereocenters. The van der Waals surface area contributed by atoms with E-state index in [1.165, 1.54) is 4.52 Å². The quantitative estimate of drug-likeness (QED) is 0.383. The number of benzene rings is 1. The van der Waals surface area contributed by atoms with E-state index in [0.717, 1.165) is 15.4 Å². The van der Waals surface area contributed by atoms with Crippen LogP contribution in [0.25, 0.3) is 27.9 Å². The van der Waals surface area contributed by atoms with Crippen molar-refractivity contribution in [3.05, 3.63) is 35.1 Å². The molecule has 4 heterocycles. The van der Waals surface area contributed by atoms with Crippen molar-refractivity contribution in [2.75, 3.05) is 23.4 Å². The number of carbonyl (C=O) groups is 1. The fourth-order valence-corrected chi connectivity index (χ4v) is 5.33. The van der Waals surface area contributed by atoms with Gasteiger partial charge in [-0.15, -0.1) is 5.10 Å². The number of amides is 1. The van der Waals surface area contributed by atoms with E-state index in [1.807, 2.05) is 25.2 Å². The fourth-order valence-electron chi connectivity index (χ4n) is 3.50. The number of aromatic nitrogens is 6.